The van der Waals surface area contributed by atoms with Gasteiger partial charge in [-0.1, -0.05) is 0 Å². The van der Waals surface area contributed by atoms with Crippen LogP contribution in [0.25, 0.3) is 0 Å². The minimum absolute atomic E-state index is 0.103. The molecule has 4 nitrogen and oxygen atoms in total. The molecule has 86 valence electrons. The summed E-state index contributed by atoms with van der Waals surface area (Å²) >= 11 is 1.68. The first-order valence-electron chi connectivity index (χ1n) is 5.13. The molecule has 0 aliphatic carbocycles. The van der Waals surface area contributed by atoms with Crippen molar-refractivity contribution in [1.29, 1.82) is 0 Å². The lowest BCUT2D eigenvalue weighted by Crippen LogP contribution is -2.17. The normalized spacial score (nSPS) is 10.8. The maximum absolute atomic E-state index is 8.47. The maximum Gasteiger partial charge on any atom is 0.0897 e. The van der Waals surface area contributed by atoms with Gasteiger partial charge in [-0.25, -0.2) is 4.98 Å². The average molecular weight is 230 g/mol. The summed E-state index contributed by atoms with van der Waals surface area (Å²) in [6.45, 7) is 4.99. The molecule has 0 atom stereocenters. The van der Waals surface area contributed by atoms with E-state index in [9.17, 15) is 0 Å². The minimum Gasteiger partial charge on any atom is -0.394 e. The lowest BCUT2D eigenvalue weighted by atomic mass is 10.4. The van der Waals surface area contributed by atoms with Crippen molar-refractivity contribution in [3.8, 4) is 0 Å². The van der Waals surface area contributed by atoms with Crippen LogP contribution in [0.1, 0.15) is 17.1 Å². The van der Waals surface area contributed by atoms with Crippen LogP contribution in [0.3, 0.4) is 0 Å². The third-order valence-corrected chi connectivity index (χ3v) is 2.67. The van der Waals surface area contributed by atoms with E-state index in [1.807, 2.05) is 6.92 Å². The fourth-order valence-electron chi connectivity index (χ4n) is 1.17. The molecule has 0 aliphatic rings. The molecule has 0 bridgehead atoms. The van der Waals surface area contributed by atoms with Gasteiger partial charge in [0.1, 0.15) is 0 Å². The van der Waals surface area contributed by atoms with Crippen LogP contribution in [0.2, 0.25) is 0 Å². The van der Waals surface area contributed by atoms with Crippen LogP contribution in [0, 0.1) is 6.92 Å². The summed E-state index contributed by atoms with van der Waals surface area (Å²) < 4.78 is 5.14. The second-order valence-corrected chi connectivity index (χ2v) is 4.29. The molecule has 5 heteroatoms. The van der Waals surface area contributed by atoms with Crippen LogP contribution in [-0.4, -0.2) is 36.5 Å². The van der Waals surface area contributed by atoms with Crippen molar-refractivity contribution in [3.05, 3.63) is 16.1 Å². The van der Waals surface area contributed by atoms with Gasteiger partial charge >= 0.3 is 0 Å². The van der Waals surface area contributed by atoms with Gasteiger partial charge in [0.2, 0.25) is 0 Å². The van der Waals surface area contributed by atoms with E-state index in [1.165, 1.54) is 0 Å². The molecule has 1 rings (SSSR count). The number of hydrogen-bond donors (Lipinski definition) is 2. The molecule has 0 amide bonds. The van der Waals surface area contributed by atoms with E-state index in [-0.39, 0.29) is 6.61 Å². The first-order chi connectivity index (χ1) is 7.33. The van der Waals surface area contributed by atoms with Gasteiger partial charge in [-0.3, -0.25) is 0 Å². The number of aryl methyl sites for hydroxylation is 1. The average Bonchev–Trinajstić information content (AvgIpc) is 2.63. The highest BCUT2D eigenvalue weighted by atomic mass is 32.1. The second kappa shape index (κ2) is 7.76. The van der Waals surface area contributed by atoms with Gasteiger partial charge in [-0.05, 0) is 19.9 Å². The molecule has 0 spiro atoms. The Hall–Kier alpha value is -0.490. The van der Waals surface area contributed by atoms with Crippen molar-refractivity contribution < 1.29 is 9.84 Å². The van der Waals surface area contributed by atoms with Crippen molar-refractivity contribution >= 4 is 11.3 Å². The molecule has 0 saturated carbocycles. The lowest BCUT2D eigenvalue weighted by Gasteiger charge is -2.03. The zero-order valence-corrected chi connectivity index (χ0v) is 9.85. The quantitative estimate of drug-likeness (QED) is 0.653. The molecule has 2 N–H and O–H groups in total. The van der Waals surface area contributed by atoms with Crippen LogP contribution >= 0.6 is 11.3 Å². The number of aromatic nitrogens is 1. The standard InChI is InChI=1S/C10H18N2O2S/c1-9-12-10(8-15-9)7-11-3-2-5-14-6-4-13/h8,11,13H,2-7H2,1H3. The molecule has 15 heavy (non-hydrogen) atoms. The number of ether oxygens (including phenoxy) is 1. The molecule has 0 saturated heterocycles. The van der Waals surface area contributed by atoms with E-state index < -0.39 is 0 Å². The Kier molecular flexibility index (Phi) is 6.50. The lowest BCUT2D eigenvalue weighted by molar-refractivity contribution is 0.0907. The summed E-state index contributed by atoms with van der Waals surface area (Å²) in [4.78, 5) is 4.35. The molecule has 0 radical (unpaired) electrons. The molecule has 1 heterocycles. The summed E-state index contributed by atoms with van der Waals surface area (Å²) in [5.74, 6) is 0. The monoisotopic (exact) mass is 230 g/mol. The fourth-order valence-corrected chi connectivity index (χ4v) is 1.78. The summed E-state index contributed by atoms with van der Waals surface area (Å²) in [5.41, 5.74) is 1.11. The van der Waals surface area contributed by atoms with Crippen LogP contribution in [0.4, 0.5) is 0 Å². The van der Waals surface area contributed by atoms with Crippen molar-refractivity contribution in [1.82, 2.24) is 10.3 Å². The van der Waals surface area contributed by atoms with E-state index in [1.54, 1.807) is 11.3 Å². The van der Waals surface area contributed by atoms with Gasteiger partial charge in [0.05, 0.1) is 23.9 Å². The van der Waals surface area contributed by atoms with Crippen molar-refractivity contribution in [2.75, 3.05) is 26.4 Å². The number of rotatable bonds is 8. The Morgan fingerprint density at radius 3 is 3.07 bits per heavy atom. The van der Waals surface area contributed by atoms with E-state index in [2.05, 4.69) is 15.7 Å². The van der Waals surface area contributed by atoms with Crippen LogP contribution in [0.15, 0.2) is 5.38 Å². The molecule has 0 fully saturated rings. The summed E-state index contributed by atoms with van der Waals surface area (Å²) in [7, 11) is 0. The van der Waals surface area contributed by atoms with E-state index in [4.69, 9.17) is 9.84 Å². The smallest absolute Gasteiger partial charge is 0.0897 e. The SMILES string of the molecule is Cc1nc(CNCCCOCCO)cs1. The van der Waals surface area contributed by atoms with Crippen molar-refractivity contribution in [2.24, 2.45) is 0 Å². The number of aliphatic hydroxyl groups is 1. The Morgan fingerprint density at radius 2 is 2.40 bits per heavy atom. The molecule has 0 aliphatic heterocycles. The predicted octanol–water partition coefficient (Wildman–Crippen LogP) is 0.940. The highest BCUT2D eigenvalue weighted by Crippen LogP contribution is 2.06. The van der Waals surface area contributed by atoms with Gasteiger partial charge in [0.25, 0.3) is 0 Å². The molecule has 0 aromatic carbocycles. The zero-order valence-electron chi connectivity index (χ0n) is 9.03. The first-order valence-corrected chi connectivity index (χ1v) is 6.01. The van der Waals surface area contributed by atoms with Gasteiger partial charge < -0.3 is 15.2 Å². The molecular formula is C10H18N2O2S. The molecular weight excluding hydrogens is 212 g/mol. The van der Waals surface area contributed by atoms with Crippen molar-refractivity contribution in [2.45, 2.75) is 19.9 Å². The van der Waals surface area contributed by atoms with Gasteiger partial charge in [0, 0.05) is 18.5 Å². The van der Waals surface area contributed by atoms with Crippen LogP contribution in [-0.2, 0) is 11.3 Å². The van der Waals surface area contributed by atoms with E-state index in [0.29, 0.717) is 13.2 Å². The highest BCUT2D eigenvalue weighted by Gasteiger charge is 1.96. The highest BCUT2D eigenvalue weighted by molar-refractivity contribution is 7.09. The zero-order chi connectivity index (χ0) is 10.9. The van der Waals surface area contributed by atoms with E-state index in [0.717, 1.165) is 30.2 Å². The molecule has 1 aromatic heterocycles. The number of hydrogen-bond acceptors (Lipinski definition) is 5. The predicted molar refractivity (Wildman–Crippen MR) is 61.1 cm³/mol. The van der Waals surface area contributed by atoms with Crippen LogP contribution in [0.5, 0.6) is 0 Å². The van der Waals surface area contributed by atoms with Gasteiger partial charge in [-0.15, -0.1) is 11.3 Å². The third-order valence-electron chi connectivity index (χ3n) is 1.85. The van der Waals surface area contributed by atoms with Gasteiger partial charge in [-0.2, -0.15) is 0 Å². The summed E-state index contributed by atoms with van der Waals surface area (Å²) in [6.07, 6.45) is 0.961. The Morgan fingerprint density at radius 1 is 1.53 bits per heavy atom. The Labute approximate surface area is 94.3 Å². The van der Waals surface area contributed by atoms with E-state index >= 15 is 0 Å². The topological polar surface area (TPSA) is 54.4 Å². The summed E-state index contributed by atoms with van der Waals surface area (Å²) in [5, 5.41) is 14.9. The number of nitrogens with zero attached hydrogens (tertiary/aromatic N) is 1. The Bertz CT molecular complexity index is 266. The minimum atomic E-state index is 0.103. The fraction of sp³-hybridized carbons (Fsp3) is 0.700. The van der Waals surface area contributed by atoms with Crippen LogP contribution < -0.4 is 5.32 Å². The largest absolute Gasteiger partial charge is 0.394 e. The molecule has 1 aromatic rings. The number of aliphatic hydroxyl groups excluding tert-OH is 1. The van der Waals surface area contributed by atoms with Crippen molar-refractivity contribution in [3.63, 3.8) is 0 Å². The summed E-state index contributed by atoms with van der Waals surface area (Å²) in [6, 6.07) is 0. The maximum atomic E-state index is 8.47. The van der Waals surface area contributed by atoms with Gasteiger partial charge in [0.15, 0.2) is 0 Å². The second-order valence-electron chi connectivity index (χ2n) is 3.22. The first kappa shape index (κ1) is 12.6. The number of nitrogens with one attached hydrogen (secondary N) is 1. The molecule has 0 unspecified atom stereocenters. The number of thiazole rings is 1. The Balaban J connectivity index is 1.93. The third kappa shape index (κ3) is 5.84.